The molecule has 2 heterocycles. The van der Waals surface area contributed by atoms with E-state index < -0.39 is 0 Å². The molecule has 24 heavy (non-hydrogen) atoms. The number of aryl methyl sites for hydroxylation is 1. The second kappa shape index (κ2) is 8.06. The van der Waals surface area contributed by atoms with Crippen molar-refractivity contribution in [3.05, 3.63) is 47.6 Å². The van der Waals surface area contributed by atoms with E-state index in [-0.39, 0.29) is 12.0 Å². The van der Waals surface area contributed by atoms with Crippen molar-refractivity contribution in [2.24, 2.45) is 0 Å². The molecule has 1 amide bonds. The molecule has 1 aliphatic heterocycles. The van der Waals surface area contributed by atoms with Crippen molar-refractivity contribution in [1.82, 2.24) is 15.0 Å². The summed E-state index contributed by atoms with van der Waals surface area (Å²) in [6.45, 7) is 4.04. The van der Waals surface area contributed by atoms with Crippen molar-refractivity contribution >= 4 is 5.91 Å². The third kappa shape index (κ3) is 4.41. The summed E-state index contributed by atoms with van der Waals surface area (Å²) in [5.41, 5.74) is 1.14. The molecule has 6 nitrogen and oxygen atoms in total. The van der Waals surface area contributed by atoms with Gasteiger partial charge in [0, 0.05) is 32.4 Å². The first-order valence-electron chi connectivity index (χ1n) is 8.49. The second-order valence-corrected chi connectivity index (χ2v) is 6.01. The van der Waals surface area contributed by atoms with Crippen LogP contribution in [0.2, 0.25) is 0 Å². The standard InChI is InChI=1S/C18H23N3O3/c1-2-15-13-21(10-11-23-15)18(22)9-8-17-19-16(20-24-17)12-14-6-4-3-5-7-14/h3-7,15H,2,8-13H2,1H3. The molecule has 0 radical (unpaired) electrons. The maximum atomic E-state index is 12.3. The van der Waals surface area contributed by atoms with Gasteiger partial charge in [-0.2, -0.15) is 4.98 Å². The monoisotopic (exact) mass is 329 g/mol. The molecule has 128 valence electrons. The molecule has 0 N–H and O–H groups in total. The number of morpholine rings is 1. The number of rotatable bonds is 6. The van der Waals surface area contributed by atoms with Gasteiger partial charge in [0.05, 0.1) is 12.7 Å². The van der Waals surface area contributed by atoms with Gasteiger partial charge in [0.15, 0.2) is 5.82 Å². The van der Waals surface area contributed by atoms with Crippen molar-refractivity contribution in [2.45, 2.75) is 38.7 Å². The Labute approximate surface area is 141 Å². The highest BCUT2D eigenvalue weighted by Crippen LogP contribution is 2.12. The lowest BCUT2D eigenvalue weighted by Crippen LogP contribution is -2.45. The summed E-state index contributed by atoms with van der Waals surface area (Å²) >= 11 is 0. The fourth-order valence-electron chi connectivity index (χ4n) is 2.81. The zero-order valence-electron chi connectivity index (χ0n) is 14.0. The summed E-state index contributed by atoms with van der Waals surface area (Å²) in [7, 11) is 0. The van der Waals surface area contributed by atoms with Crippen molar-refractivity contribution in [3.8, 4) is 0 Å². The minimum absolute atomic E-state index is 0.125. The highest BCUT2D eigenvalue weighted by molar-refractivity contribution is 5.76. The van der Waals surface area contributed by atoms with Crippen LogP contribution in [-0.4, -0.2) is 46.7 Å². The third-order valence-corrected chi connectivity index (χ3v) is 4.21. The van der Waals surface area contributed by atoms with Crippen LogP contribution in [0.4, 0.5) is 0 Å². The lowest BCUT2D eigenvalue weighted by atomic mass is 10.1. The molecule has 0 saturated carbocycles. The quantitative estimate of drug-likeness (QED) is 0.813. The minimum Gasteiger partial charge on any atom is -0.375 e. The van der Waals surface area contributed by atoms with Crippen LogP contribution in [0.15, 0.2) is 34.9 Å². The summed E-state index contributed by atoms with van der Waals surface area (Å²) in [4.78, 5) is 18.6. The number of hydrogen-bond donors (Lipinski definition) is 0. The molecule has 1 atom stereocenters. The largest absolute Gasteiger partial charge is 0.375 e. The van der Waals surface area contributed by atoms with Gasteiger partial charge in [-0.25, -0.2) is 0 Å². The van der Waals surface area contributed by atoms with E-state index in [4.69, 9.17) is 9.26 Å². The topological polar surface area (TPSA) is 68.5 Å². The SMILES string of the molecule is CCC1CN(C(=O)CCc2nc(Cc3ccccc3)no2)CCO1. The molecule has 2 aromatic rings. The van der Waals surface area contributed by atoms with Crippen LogP contribution in [0.3, 0.4) is 0 Å². The average Bonchev–Trinajstić information content (AvgIpc) is 3.08. The van der Waals surface area contributed by atoms with Crippen LogP contribution in [0.1, 0.15) is 37.0 Å². The number of nitrogens with zero attached hydrogens (tertiary/aromatic N) is 3. The predicted octanol–water partition coefficient (Wildman–Crippen LogP) is 2.23. The number of benzene rings is 1. The van der Waals surface area contributed by atoms with Crippen LogP contribution >= 0.6 is 0 Å². The molecule has 1 unspecified atom stereocenters. The molecule has 6 heteroatoms. The van der Waals surface area contributed by atoms with Gasteiger partial charge in [-0.3, -0.25) is 4.79 Å². The van der Waals surface area contributed by atoms with Gasteiger partial charge in [-0.1, -0.05) is 42.4 Å². The normalized spacial score (nSPS) is 17.9. The molecular weight excluding hydrogens is 306 g/mol. The van der Waals surface area contributed by atoms with E-state index in [1.807, 2.05) is 35.2 Å². The summed E-state index contributed by atoms with van der Waals surface area (Å²) in [6, 6.07) is 10.0. The summed E-state index contributed by atoms with van der Waals surface area (Å²) in [5.74, 6) is 1.30. The van der Waals surface area contributed by atoms with E-state index in [2.05, 4.69) is 17.1 Å². The minimum atomic E-state index is 0.125. The number of amides is 1. The molecule has 3 rings (SSSR count). The Balaban J connectivity index is 1.49. The number of carbonyl (C=O) groups excluding carboxylic acids is 1. The smallest absolute Gasteiger partial charge is 0.227 e. The zero-order valence-corrected chi connectivity index (χ0v) is 14.0. The van der Waals surface area contributed by atoms with Gasteiger partial charge >= 0.3 is 0 Å². The van der Waals surface area contributed by atoms with Crippen LogP contribution in [0, 0.1) is 0 Å². The molecule has 1 aliphatic rings. The lowest BCUT2D eigenvalue weighted by molar-refractivity contribution is -0.138. The van der Waals surface area contributed by atoms with Gasteiger partial charge in [0.2, 0.25) is 11.8 Å². The Kier molecular flexibility index (Phi) is 5.59. The van der Waals surface area contributed by atoms with Gasteiger partial charge in [0.1, 0.15) is 0 Å². The van der Waals surface area contributed by atoms with Crippen LogP contribution < -0.4 is 0 Å². The average molecular weight is 329 g/mol. The van der Waals surface area contributed by atoms with E-state index in [1.54, 1.807) is 0 Å². The fourth-order valence-corrected chi connectivity index (χ4v) is 2.81. The number of ether oxygens (including phenoxy) is 1. The van der Waals surface area contributed by atoms with E-state index in [9.17, 15) is 4.79 Å². The van der Waals surface area contributed by atoms with Crippen molar-refractivity contribution < 1.29 is 14.1 Å². The Morgan fingerprint density at radius 2 is 2.17 bits per heavy atom. The Morgan fingerprint density at radius 3 is 2.96 bits per heavy atom. The van der Waals surface area contributed by atoms with Crippen molar-refractivity contribution in [3.63, 3.8) is 0 Å². The fraction of sp³-hybridized carbons (Fsp3) is 0.500. The van der Waals surface area contributed by atoms with Gasteiger partial charge < -0.3 is 14.2 Å². The van der Waals surface area contributed by atoms with Gasteiger partial charge in [-0.15, -0.1) is 0 Å². The van der Waals surface area contributed by atoms with E-state index in [0.29, 0.717) is 50.7 Å². The molecule has 1 fully saturated rings. The van der Waals surface area contributed by atoms with Crippen LogP contribution in [-0.2, 0) is 22.4 Å². The molecule has 1 aromatic carbocycles. The van der Waals surface area contributed by atoms with Crippen molar-refractivity contribution in [2.75, 3.05) is 19.7 Å². The van der Waals surface area contributed by atoms with Gasteiger partial charge in [-0.05, 0) is 12.0 Å². The second-order valence-electron chi connectivity index (χ2n) is 6.01. The van der Waals surface area contributed by atoms with Crippen molar-refractivity contribution in [1.29, 1.82) is 0 Å². The van der Waals surface area contributed by atoms with E-state index >= 15 is 0 Å². The zero-order chi connectivity index (χ0) is 16.8. The molecule has 0 bridgehead atoms. The molecule has 0 aliphatic carbocycles. The summed E-state index contributed by atoms with van der Waals surface area (Å²) in [6.07, 6.45) is 2.59. The van der Waals surface area contributed by atoms with Crippen LogP contribution in [0.5, 0.6) is 0 Å². The number of aromatic nitrogens is 2. The molecule has 1 aromatic heterocycles. The first-order valence-corrected chi connectivity index (χ1v) is 8.49. The van der Waals surface area contributed by atoms with Gasteiger partial charge in [0.25, 0.3) is 0 Å². The Bertz CT molecular complexity index is 657. The highest BCUT2D eigenvalue weighted by atomic mass is 16.5. The summed E-state index contributed by atoms with van der Waals surface area (Å²) in [5, 5.41) is 4.00. The third-order valence-electron chi connectivity index (χ3n) is 4.21. The van der Waals surface area contributed by atoms with Crippen LogP contribution in [0.25, 0.3) is 0 Å². The maximum absolute atomic E-state index is 12.3. The highest BCUT2D eigenvalue weighted by Gasteiger charge is 2.23. The maximum Gasteiger partial charge on any atom is 0.227 e. The predicted molar refractivity (Wildman–Crippen MR) is 88.5 cm³/mol. The molecular formula is C18H23N3O3. The van der Waals surface area contributed by atoms with E-state index in [1.165, 1.54) is 0 Å². The molecule has 1 saturated heterocycles. The lowest BCUT2D eigenvalue weighted by Gasteiger charge is -2.32. The number of hydrogen-bond acceptors (Lipinski definition) is 5. The Morgan fingerprint density at radius 1 is 1.33 bits per heavy atom. The van der Waals surface area contributed by atoms with E-state index in [0.717, 1.165) is 12.0 Å². The Hall–Kier alpha value is -2.21. The summed E-state index contributed by atoms with van der Waals surface area (Å²) < 4.78 is 10.9. The first-order chi connectivity index (χ1) is 11.7. The molecule has 0 spiro atoms. The first kappa shape index (κ1) is 16.6. The number of carbonyl (C=O) groups is 1.